The maximum Gasteiger partial charge on any atom is 0.0641 e. The Labute approximate surface area is 135 Å². The molecule has 18 heavy (non-hydrogen) atoms. The van der Waals surface area contributed by atoms with Crippen molar-refractivity contribution in [3.63, 3.8) is 0 Å². The van der Waals surface area contributed by atoms with E-state index in [9.17, 15) is 0 Å². The fourth-order valence-electron chi connectivity index (χ4n) is 0.118. The summed E-state index contributed by atoms with van der Waals surface area (Å²) in [6.45, 7) is 17.2. The SMILES string of the molecule is C=CCOC.CCCC.CCCC.CCCC.[Sn]. The van der Waals surface area contributed by atoms with Crippen molar-refractivity contribution >= 4 is 23.9 Å². The zero-order valence-electron chi connectivity index (χ0n) is 14.1. The molecule has 0 aliphatic heterocycles. The quantitative estimate of drug-likeness (QED) is 0.438. The van der Waals surface area contributed by atoms with Gasteiger partial charge in [-0.3, -0.25) is 0 Å². The largest absolute Gasteiger partial charge is 0.381 e. The van der Waals surface area contributed by atoms with Gasteiger partial charge in [-0.25, -0.2) is 0 Å². The van der Waals surface area contributed by atoms with Crippen LogP contribution in [0.2, 0.25) is 0 Å². The topological polar surface area (TPSA) is 9.23 Å². The molecule has 2 heteroatoms. The fraction of sp³-hybridized carbons (Fsp3) is 0.875. The van der Waals surface area contributed by atoms with Crippen molar-refractivity contribution in [2.45, 2.75) is 80.1 Å². The van der Waals surface area contributed by atoms with E-state index in [0.29, 0.717) is 6.61 Å². The monoisotopic (exact) mass is 366 g/mol. The molecule has 0 unspecified atom stereocenters. The van der Waals surface area contributed by atoms with E-state index in [0.717, 1.165) is 0 Å². The van der Waals surface area contributed by atoms with Crippen molar-refractivity contribution in [2.24, 2.45) is 0 Å². The van der Waals surface area contributed by atoms with E-state index in [-0.39, 0.29) is 23.9 Å². The second-order valence-corrected chi connectivity index (χ2v) is 3.74. The smallest absolute Gasteiger partial charge is 0.0641 e. The molecule has 0 spiro atoms. The molecular formula is C16H38OSn. The van der Waals surface area contributed by atoms with Gasteiger partial charge in [0.05, 0.1) is 6.61 Å². The molecule has 0 atom stereocenters. The predicted octanol–water partition coefficient (Wildman–Crippen LogP) is 5.86. The van der Waals surface area contributed by atoms with Crippen molar-refractivity contribution in [2.75, 3.05) is 13.7 Å². The first kappa shape index (κ1) is 31.1. The molecule has 0 amide bonds. The number of ether oxygens (including phenoxy) is 1. The van der Waals surface area contributed by atoms with Gasteiger partial charge in [0.2, 0.25) is 0 Å². The minimum Gasteiger partial charge on any atom is -0.381 e. The molecule has 112 valence electrons. The number of hydrogen-bond acceptors (Lipinski definition) is 1. The summed E-state index contributed by atoms with van der Waals surface area (Å²) in [7, 11) is 1.64. The van der Waals surface area contributed by atoms with Gasteiger partial charge in [0.25, 0.3) is 0 Å². The van der Waals surface area contributed by atoms with E-state index in [1.165, 1.54) is 38.5 Å². The normalized spacial score (nSPS) is 7.06. The standard InChI is InChI=1S/C4H8O.3C4H10.Sn/c1-3-4-5-2;3*1-3-4-2;/h3H,1,4H2,2H3;3*3-4H2,1-2H3;. The van der Waals surface area contributed by atoms with E-state index in [1.54, 1.807) is 13.2 Å². The first-order chi connectivity index (χ1) is 8.16. The van der Waals surface area contributed by atoms with Gasteiger partial charge in [-0.2, -0.15) is 0 Å². The Bertz CT molecular complexity index is 69.7. The van der Waals surface area contributed by atoms with Gasteiger partial charge in [0.1, 0.15) is 0 Å². The molecule has 0 fully saturated rings. The third-order valence-corrected chi connectivity index (χ3v) is 1.78. The van der Waals surface area contributed by atoms with Gasteiger partial charge in [-0.05, 0) is 0 Å². The molecule has 0 aromatic heterocycles. The maximum absolute atomic E-state index is 4.57. The first-order valence-corrected chi connectivity index (χ1v) is 7.26. The first-order valence-electron chi connectivity index (χ1n) is 7.26. The third-order valence-electron chi connectivity index (χ3n) is 1.78. The van der Waals surface area contributed by atoms with E-state index in [2.05, 4.69) is 52.9 Å². The van der Waals surface area contributed by atoms with Crippen molar-refractivity contribution in [3.05, 3.63) is 12.7 Å². The Kier molecular flexibility index (Phi) is 91.2. The van der Waals surface area contributed by atoms with Gasteiger partial charge in [0.15, 0.2) is 0 Å². The summed E-state index contributed by atoms with van der Waals surface area (Å²) in [6.07, 6.45) is 9.62. The second kappa shape index (κ2) is 52.8. The zero-order valence-corrected chi connectivity index (χ0v) is 17.0. The summed E-state index contributed by atoms with van der Waals surface area (Å²) in [5.74, 6) is 0. The van der Waals surface area contributed by atoms with Gasteiger partial charge in [-0.15, -0.1) is 6.58 Å². The van der Waals surface area contributed by atoms with Crippen LogP contribution in [0.3, 0.4) is 0 Å². The average molecular weight is 365 g/mol. The summed E-state index contributed by atoms with van der Waals surface area (Å²) in [6, 6.07) is 0. The fourth-order valence-corrected chi connectivity index (χ4v) is 0.118. The van der Waals surface area contributed by atoms with Gasteiger partial charge in [0, 0.05) is 31.0 Å². The Balaban J connectivity index is -0.0000000412. The zero-order chi connectivity index (χ0) is 14.4. The molecule has 4 radical (unpaired) electrons. The molecule has 0 heterocycles. The number of methoxy groups -OCH3 is 1. The van der Waals surface area contributed by atoms with Gasteiger partial charge in [-0.1, -0.05) is 86.1 Å². The van der Waals surface area contributed by atoms with Gasteiger partial charge >= 0.3 is 0 Å². The van der Waals surface area contributed by atoms with Crippen LogP contribution in [-0.2, 0) is 4.74 Å². The van der Waals surface area contributed by atoms with Crippen LogP contribution in [0, 0.1) is 0 Å². The summed E-state index contributed by atoms with van der Waals surface area (Å²) in [4.78, 5) is 0. The van der Waals surface area contributed by atoms with Crippen LogP contribution in [-0.4, -0.2) is 37.6 Å². The molecule has 0 saturated heterocycles. The maximum atomic E-state index is 4.57. The Morgan fingerprint density at radius 2 is 0.944 bits per heavy atom. The molecule has 0 bridgehead atoms. The molecular weight excluding hydrogens is 327 g/mol. The summed E-state index contributed by atoms with van der Waals surface area (Å²) in [5.41, 5.74) is 0. The van der Waals surface area contributed by atoms with Crippen LogP contribution in [0.15, 0.2) is 12.7 Å². The molecule has 0 aliphatic carbocycles. The minimum atomic E-state index is 0. The molecule has 0 rings (SSSR count). The van der Waals surface area contributed by atoms with Crippen LogP contribution < -0.4 is 0 Å². The molecule has 0 N–H and O–H groups in total. The minimum absolute atomic E-state index is 0. The van der Waals surface area contributed by atoms with Crippen molar-refractivity contribution in [1.82, 2.24) is 0 Å². The third kappa shape index (κ3) is 131. The molecule has 0 aromatic carbocycles. The molecule has 0 aliphatic rings. The van der Waals surface area contributed by atoms with Crippen LogP contribution in [0.5, 0.6) is 0 Å². The van der Waals surface area contributed by atoms with Crippen molar-refractivity contribution in [1.29, 1.82) is 0 Å². The molecule has 1 nitrogen and oxygen atoms in total. The molecule has 0 aromatic rings. The Morgan fingerprint density at radius 3 is 0.944 bits per heavy atom. The predicted molar refractivity (Wildman–Crippen MR) is 89.6 cm³/mol. The van der Waals surface area contributed by atoms with Crippen LogP contribution in [0.25, 0.3) is 0 Å². The second-order valence-electron chi connectivity index (χ2n) is 3.74. The van der Waals surface area contributed by atoms with E-state index < -0.39 is 0 Å². The van der Waals surface area contributed by atoms with Crippen molar-refractivity contribution in [3.8, 4) is 0 Å². The summed E-state index contributed by atoms with van der Waals surface area (Å²) in [5, 5.41) is 0. The number of unbranched alkanes of at least 4 members (excludes halogenated alkanes) is 3. The van der Waals surface area contributed by atoms with Crippen LogP contribution in [0.1, 0.15) is 80.1 Å². The van der Waals surface area contributed by atoms with E-state index in [4.69, 9.17) is 0 Å². The summed E-state index contributed by atoms with van der Waals surface area (Å²) < 4.78 is 4.57. The average Bonchev–Trinajstić information content (AvgIpc) is 2.40. The van der Waals surface area contributed by atoms with Crippen LogP contribution >= 0.6 is 0 Å². The van der Waals surface area contributed by atoms with Gasteiger partial charge < -0.3 is 4.74 Å². The van der Waals surface area contributed by atoms with E-state index in [1.807, 2.05) is 0 Å². The molecule has 0 saturated carbocycles. The number of rotatable bonds is 5. The van der Waals surface area contributed by atoms with Crippen LogP contribution in [0.4, 0.5) is 0 Å². The Morgan fingerprint density at radius 1 is 0.722 bits per heavy atom. The van der Waals surface area contributed by atoms with Crippen molar-refractivity contribution < 1.29 is 4.74 Å². The summed E-state index contributed by atoms with van der Waals surface area (Å²) >= 11 is 0. The van der Waals surface area contributed by atoms with E-state index >= 15 is 0 Å². The Hall–Kier alpha value is 0.499. The number of hydrogen-bond donors (Lipinski definition) is 0.